The van der Waals surface area contributed by atoms with Crippen LogP contribution < -0.4 is 10.4 Å². The summed E-state index contributed by atoms with van der Waals surface area (Å²) in [5.74, 6) is 0. The maximum absolute atomic E-state index is 3.95. The van der Waals surface area contributed by atoms with Gasteiger partial charge in [0.15, 0.2) is 5.66 Å². The molecule has 2 aliphatic heterocycles. The van der Waals surface area contributed by atoms with Crippen molar-refractivity contribution in [1.82, 2.24) is 10.3 Å². The zero-order valence-electron chi connectivity index (χ0n) is 19.9. The lowest BCUT2D eigenvalue weighted by molar-refractivity contribution is 0.0590. The number of benzene rings is 3. The van der Waals surface area contributed by atoms with Crippen LogP contribution in [0.5, 0.6) is 0 Å². The molecule has 1 atom stereocenters. The van der Waals surface area contributed by atoms with Crippen molar-refractivity contribution in [3.8, 4) is 0 Å². The van der Waals surface area contributed by atoms with Crippen LogP contribution in [0.1, 0.15) is 55.4 Å². The van der Waals surface area contributed by atoms with Crippen LogP contribution in [0.15, 0.2) is 78.9 Å². The molecule has 3 aromatic carbocycles. The number of nitrogens with one attached hydrogen (secondary N) is 1. The molecule has 0 bridgehead atoms. The Morgan fingerprint density at radius 3 is 2.15 bits per heavy atom. The first kappa shape index (κ1) is 20.6. The van der Waals surface area contributed by atoms with E-state index in [0.29, 0.717) is 0 Å². The number of para-hydroxylation sites is 1. The lowest BCUT2D eigenvalue weighted by atomic mass is 9.74. The second-order valence-electron chi connectivity index (χ2n) is 10.3. The zero-order chi connectivity index (χ0) is 22.6. The summed E-state index contributed by atoms with van der Waals surface area (Å²) in [6.07, 6.45) is 3.83. The van der Waals surface area contributed by atoms with Gasteiger partial charge in [-0.05, 0) is 48.6 Å². The van der Waals surface area contributed by atoms with Crippen molar-refractivity contribution < 1.29 is 0 Å². The maximum Gasteiger partial charge on any atom is 0.150 e. The van der Waals surface area contributed by atoms with E-state index in [0.717, 1.165) is 13.1 Å². The maximum atomic E-state index is 3.95. The molecule has 3 heteroatoms. The molecular weight excluding hydrogens is 402 g/mol. The average molecular weight is 436 g/mol. The molecule has 1 fully saturated rings. The fraction of sp³-hybridized carbons (Fsp3) is 0.333. The van der Waals surface area contributed by atoms with E-state index in [2.05, 4.69) is 115 Å². The molecule has 168 valence electrons. The molecule has 3 aromatic rings. The normalized spacial score (nSPS) is 23.9. The highest BCUT2D eigenvalue weighted by Gasteiger charge is 2.66. The van der Waals surface area contributed by atoms with Gasteiger partial charge in [-0.2, -0.15) is 0 Å². The Balaban J connectivity index is 1.69. The minimum Gasteiger partial charge on any atom is -0.295 e. The molecule has 1 saturated heterocycles. The highest BCUT2D eigenvalue weighted by atomic mass is 15.6. The largest absolute Gasteiger partial charge is 0.295 e. The van der Waals surface area contributed by atoms with Crippen molar-refractivity contribution in [2.45, 2.75) is 51.1 Å². The standard InChI is InChI=1S/C30H33N3/c1-22-16-18-23(19-17-22)28-27-25-14-8-9-15-26(25)29(2,3)30(27,32-20-10-5-11-21-32)33(31-28)24-12-6-4-7-13-24/h4,6-9,12-19,31H,5,10-11,20-21H2,1-3H3. The van der Waals surface area contributed by atoms with E-state index in [1.165, 1.54) is 58.5 Å². The number of fused-ring (bicyclic) bond motifs is 3. The second-order valence-corrected chi connectivity index (χ2v) is 10.3. The molecule has 1 unspecified atom stereocenters. The number of rotatable bonds is 3. The predicted molar refractivity (Wildman–Crippen MR) is 138 cm³/mol. The summed E-state index contributed by atoms with van der Waals surface area (Å²) < 4.78 is 0. The van der Waals surface area contributed by atoms with Gasteiger partial charge in [0.1, 0.15) is 0 Å². The first-order chi connectivity index (χ1) is 16.0. The Morgan fingerprint density at radius 1 is 0.758 bits per heavy atom. The molecule has 0 amide bonds. The number of hydrazine groups is 1. The van der Waals surface area contributed by atoms with Crippen LogP contribution in [0.2, 0.25) is 0 Å². The third-order valence-corrected chi connectivity index (χ3v) is 8.06. The molecule has 0 spiro atoms. The van der Waals surface area contributed by atoms with Gasteiger partial charge in [0.2, 0.25) is 0 Å². The molecular formula is C30H33N3. The molecule has 6 rings (SSSR count). The van der Waals surface area contributed by atoms with Crippen molar-refractivity contribution in [2.75, 3.05) is 18.1 Å². The van der Waals surface area contributed by atoms with E-state index in [1.807, 2.05) is 0 Å². The Labute approximate surface area is 197 Å². The van der Waals surface area contributed by atoms with Crippen LogP contribution in [0.3, 0.4) is 0 Å². The van der Waals surface area contributed by atoms with Gasteiger partial charge in [0.25, 0.3) is 0 Å². The van der Waals surface area contributed by atoms with Gasteiger partial charge in [-0.25, -0.2) is 0 Å². The fourth-order valence-corrected chi connectivity index (χ4v) is 6.55. The number of likely N-dealkylation sites (tertiary alicyclic amines) is 1. The zero-order valence-corrected chi connectivity index (χ0v) is 19.9. The van der Waals surface area contributed by atoms with Crippen LogP contribution in [0, 0.1) is 6.92 Å². The summed E-state index contributed by atoms with van der Waals surface area (Å²) in [6, 6.07) is 29.0. The number of piperidine rings is 1. The number of anilines is 1. The number of hydrogen-bond donors (Lipinski definition) is 1. The molecule has 1 aliphatic carbocycles. The molecule has 1 N–H and O–H groups in total. The third kappa shape index (κ3) is 2.78. The van der Waals surface area contributed by atoms with Crippen molar-refractivity contribution in [2.24, 2.45) is 0 Å². The topological polar surface area (TPSA) is 18.5 Å². The number of aryl methyl sites for hydroxylation is 1. The second kappa shape index (κ2) is 7.50. The van der Waals surface area contributed by atoms with E-state index >= 15 is 0 Å². The molecule has 0 aromatic heterocycles. The molecule has 3 nitrogen and oxygen atoms in total. The Bertz CT molecular complexity index is 1200. The first-order valence-corrected chi connectivity index (χ1v) is 12.3. The summed E-state index contributed by atoms with van der Waals surface area (Å²) in [4.78, 5) is 2.77. The first-order valence-electron chi connectivity index (χ1n) is 12.3. The highest BCUT2D eigenvalue weighted by molar-refractivity contribution is 6.04. The highest BCUT2D eigenvalue weighted by Crippen LogP contribution is 2.62. The van der Waals surface area contributed by atoms with Gasteiger partial charge in [0, 0.05) is 24.1 Å². The van der Waals surface area contributed by atoms with Gasteiger partial charge in [-0.1, -0.05) is 92.6 Å². The predicted octanol–water partition coefficient (Wildman–Crippen LogP) is 6.36. The van der Waals surface area contributed by atoms with E-state index in [-0.39, 0.29) is 11.1 Å². The fourth-order valence-electron chi connectivity index (χ4n) is 6.55. The molecule has 0 radical (unpaired) electrons. The van der Waals surface area contributed by atoms with E-state index in [4.69, 9.17) is 0 Å². The van der Waals surface area contributed by atoms with Crippen LogP contribution >= 0.6 is 0 Å². The molecule has 3 aliphatic rings. The quantitative estimate of drug-likeness (QED) is 0.516. The smallest absolute Gasteiger partial charge is 0.150 e. The summed E-state index contributed by atoms with van der Waals surface area (Å²) in [5.41, 5.74) is 12.8. The van der Waals surface area contributed by atoms with E-state index < -0.39 is 0 Å². The lowest BCUT2D eigenvalue weighted by Crippen LogP contribution is -2.69. The van der Waals surface area contributed by atoms with Crippen molar-refractivity contribution in [3.05, 3.63) is 101 Å². The average Bonchev–Trinajstić information content (AvgIpc) is 3.32. The SMILES string of the molecule is Cc1ccc(C2=C3c4ccccc4C(C)(C)C3(N3CCCCC3)N(c3ccccc3)N2)cc1. The van der Waals surface area contributed by atoms with Gasteiger partial charge < -0.3 is 0 Å². The molecule has 33 heavy (non-hydrogen) atoms. The number of hydrogen-bond acceptors (Lipinski definition) is 3. The van der Waals surface area contributed by atoms with Crippen LogP contribution in [-0.2, 0) is 5.41 Å². The van der Waals surface area contributed by atoms with Crippen molar-refractivity contribution in [3.63, 3.8) is 0 Å². The van der Waals surface area contributed by atoms with Crippen LogP contribution in [-0.4, -0.2) is 23.7 Å². The van der Waals surface area contributed by atoms with Crippen LogP contribution in [0.4, 0.5) is 5.69 Å². The summed E-state index contributed by atoms with van der Waals surface area (Å²) >= 11 is 0. The van der Waals surface area contributed by atoms with Gasteiger partial charge in [-0.15, -0.1) is 0 Å². The minimum absolute atomic E-state index is 0.106. The minimum atomic E-state index is -0.293. The van der Waals surface area contributed by atoms with Crippen molar-refractivity contribution in [1.29, 1.82) is 0 Å². The monoisotopic (exact) mass is 435 g/mol. The third-order valence-electron chi connectivity index (χ3n) is 8.06. The summed E-state index contributed by atoms with van der Waals surface area (Å²) in [5, 5.41) is 2.49. The summed E-state index contributed by atoms with van der Waals surface area (Å²) in [6.45, 7) is 9.29. The molecule has 2 heterocycles. The number of nitrogens with zero attached hydrogens (tertiary/aromatic N) is 2. The van der Waals surface area contributed by atoms with E-state index in [9.17, 15) is 0 Å². The summed E-state index contributed by atoms with van der Waals surface area (Å²) in [7, 11) is 0. The van der Waals surface area contributed by atoms with Crippen LogP contribution in [0.25, 0.3) is 11.3 Å². The van der Waals surface area contributed by atoms with Gasteiger partial charge in [-0.3, -0.25) is 15.3 Å². The Kier molecular flexibility index (Phi) is 4.67. The van der Waals surface area contributed by atoms with Gasteiger partial charge in [0.05, 0.1) is 11.4 Å². The Hall–Kier alpha value is -3.04. The van der Waals surface area contributed by atoms with E-state index in [1.54, 1.807) is 0 Å². The van der Waals surface area contributed by atoms with Crippen molar-refractivity contribution >= 4 is 17.0 Å². The molecule has 0 saturated carbocycles. The van der Waals surface area contributed by atoms with Gasteiger partial charge >= 0.3 is 0 Å². The Morgan fingerprint density at radius 2 is 1.42 bits per heavy atom. The lowest BCUT2D eigenvalue weighted by Gasteiger charge is -2.55.